The summed E-state index contributed by atoms with van der Waals surface area (Å²) in [5.41, 5.74) is 2.58. The van der Waals surface area contributed by atoms with Gasteiger partial charge in [0.1, 0.15) is 5.82 Å². The molecule has 1 aromatic heterocycles. The van der Waals surface area contributed by atoms with E-state index in [1.807, 2.05) is 6.92 Å². The molecule has 196 valence electrons. The highest BCUT2D eigenvalue weighted by atomic mass is 35.5. The van der Waals surface area contributed by atoms with Gasteiger partial charge in [-0.15, -0.1) is 12.4 Å². The topological polar surface area (TPSA) is 63.3 Å². The molecule has 0 saturated carbocycles. The zero-order valence-corrected chi connectivity index (χ0v) is 21.0. The second kappa shape index (κ2) is 11.7. The lowest BCUT2D eigenvalue weighted by atomic mass is 10.0. The van der Waals surface area contributed by atoms with Gasteiger partial charge in [-0.05, 0) is 55.7 Å². The van der Waals surface area contributed by atoms with E-state index in [0.29, 0.717) is 37.2 Å². The monoisotopic (exact) mass is 528 g/mol. The number of morpholine rings is 1. The minimum Gasteiger partial charge on any atom is -0.349 e. The summed E-state index contributed by atoms with van der Waals surface area (Å²) in [7, 11) is 0. The van der Waals surface area contributed by atoms with Crippen molar-refractivity contribution in [3.8, 4) is 0 Å². The number of halogens is 5. The van der Waals surface area contributed by atoms with E-state index in [-0.39, 0.29) is 18.2 Å². The summed E-state index contributed by atoms with van der Waals surface area (Å²) in [6.45, 7) is 6.69. The SMILES string of the molecule is CCc1n[nH]nc1CN1CCO[C@H](O[C@H](C)c2cc(C)cc(C(F)(F)F)c2)[C@@H]1c1ccc(F)cc1.Cl. The minimum atomic E-state index is -4.45. The van der Waals surface area contributed by atoms with E-state index in [1.165, 1.54) is 12.1 Å². The van der Waals surface area contributed by atoms with Gasteiger partial charge in [-0.25, -0.2) is 4.39 Å². The van der Waals surface area contributed by atoms with Gasteiger partial charge in [-0.3, -0.25) is 4.90 Å². The van der Waals surface area contributed by atoms with Crippen molar-refractivity contribution in [1.82, 2.24) is 20.3 Å². The highest BCUT2D eigenvalue weighted by molar-refractivity contribution is 5.85. The summed E-state index contributed by atoms with van der Waals surface area (Å²) in [5, 5.41) is 11.1. The molecular weight excluding hydrogens is 500 g/mol. The van der Waals surface area contributed by atoms with Crippen molar-refractivity contribution < 1.29 is 27.0 Å². The second-order valence-electron chi connectivity index (χ2n) is 8.69. The van der Waals surface area contributed by atoms with Crippen molar-refractivity contribution in [2.75, 3.05) is 13.2 Å². The van der Waals surface area contributed by atoms with Crippen LogP contribution < -0.4 is 0 Å². The zero-order chi connectivity index (χ0) is 25.2. The highest BCUT2D eigenvalue weighted by Crippen LogP contribution is 2.37. The maximum atomic E-state index is 13.7. The van der Waals surface area contributed by atoms with Crippen LogP contribution in [0.15, 0.2) is 42.5 Å². The summed E-state index contributed by atoms with van der Waals surface area (Å²) in [4.78, 5) is 2.11. The molecule has 0 radical (unpaired) electrons. The number of hydrogen-bond donors (Lipinski definition) is 1. The molecule has 6 nitrogen and oxygen atoms in total. The van der Waals surface area contributed by atoms with Gasteiger partial charge in [-0.1, -0.05) is 30.7 Å². The first-order valence-corrected chi connectivity index (χ1v) is 11.5. The van der Waals surface area contributed by atoms with Crippen molar-refractivity contribution in [2.24, 2.45) is 0 Å². The molecular formula is C25H29ClF4N4O2. The fourth-order valence-electron chi connectivity index (χ4n) is 4.38. The molecule has 0 unspecified atom stereocenters. The molecule has 2 heterocycles. The van der Waals surface area contributed by atoms with E-state index in [1.54, 1.807) is 32.0 Å². The number of nitrogens with one attached hydrogen (secondary N) is 1. The van der Waals surface area contributed by atoms with Crippen molar-refractivity contribution in [3.63, 3.8) is 0 Å². The minimum absolute atomic E-state index is 0. The lowest BCUT2D eigenvalue weighted by molar-refractivity contribution is -0.231. The molecule has 1 aliphatic heterocycles. The number of ether oxygens (including phenoxy) is 2. The van der Waals surface area contributed by atoms with Crippen molar-refractivity contribution >= 4 is 12.4 Å². The van der Waals surface area contributed by atoms with E-state index >= 15 is 0 Å². The number of H-pyrrole nitrogens is 1. The normalized spacial score (nSPS) is 19.6. The van der Waals surface area contributed by atoms with Crippen LogP contribution in [0.5, 0.6) is 0 Å². The van der Waals surface area contributed by atoms with Crippen molar-refractivity contribution in [3.05, 3.63) is 81.9 Å². The molecule has 3 aromatic rings. The number of rotatable bonds is 7. The van der Waals surface area contributed by atoms with Crippen LogP contribution in [0.1, 0.15) is 59.6 Å². The van der Waals surface area contributed by atoms with Gasteiger partial charge in [0.2, 0.25) is 0 Å². The molecule has 36 heavy (non-hydrogen) atoms. The summed E-state index contributed by atoms with van der Waals surface area (Å²) >= 11 is 0. The second-order valence-corrected chi connectivity index (χ2v) is 8.69. The quantitative estimate of drug-likeness (QED) is 0.385. The fourth-order valence-corrected chi connectivity index (χ4v) is 4.38. The number of hydrogen-bond acceptors (Lipinski definition) is 5. The van der Waals surface area contributed by atoms with Gasteiger partial charge >= 0.3 is 6.18 Å². The summed E-state index contributed by atoms with van der Waals surface area (Å²) in [6.07, 6.45) is -5.22. The predicted molar refractivity (Wildman–Crippen MR) is 128 cm³/mol. The maximum Gasteiger partial charge on any atom is 0.416 e. The smallest absolute Gasteiger partial charge is 0.349 e. The van der Waals surface area contributed by atoms with E-state index in [4.69, 9.17) is 9.47 Å². The summed E-state index contributed by atoms with van der Waals surface area (Å²) in [5.74, 6) is -0.368. The van der Waals surface area contributed by atoms with Gasteiger partial charge in [0.15, 0.2) is 6.29 Å². The van der Waals surface area contributed by atoms with E-state index in [9.17, 15) is 17.6 Å². The van der Waals surface area contributed by atoms with Crippen LogP contribution in [0.4, 0.5) is 17.6 Å². The average Bonchev–Trinajstić information content (AvgIpc) is 3.26. The Morgan fingerprint density at radius 3 is 2.50 bits per heavy atom. The van der Waals surface area contributed by atoms with Gasteiger partial charge < -0.3 is 9.47 Å². The Kier molecular flexibility index (Phi) is 9.10. The zero-order valence-electron chi connectivity index (χ0n) is 20.2. The summed E-state index contributed by atoms with van der Waals surface area (Å²) < 4.78 is 66.0. The van der Waals surface area contributed by atoms with Crippen LogP contribution >= 0.6 is 12.4 Å². The molecule has 0 aliphatic carbocycles. The predicted octanol–water partition coefficient (Wildman–Crippen LogP) is 5.93. The molecule has 1 aliphatic rings. The fraction of sp³-hybridized carbons (Fsp3) is 0.440. The first-order valence-electron chi connectivity index (χ1n) is 11.5. The number of aromatic nitrogens is 3. The van der Waals surface area contributed by atoms with Crippen LogP contribution in [0, 0.1) is 12.7 Å². The van der Waals surface area contributed by atoms with E-state index < -0.39 is 30.2 Å². The lowest BCUT2D eigenvalue weighted by Crippen LogP contribution is -2.46. The van der Waals surface area contributed by atoms with Gasteiger partial charge in [0, 0.05) is 13.1 Å². The third-order valence-corrected chi connectivity index (χ3v) is 6.15. The Morgan fingerprint density at radius 1 is 1.14 bits per heavy atom. The number of benzene rings is 2. The third-order valence-electron chi connectivity index (χ3n) is 6.15. The van der Waals surface area contributed by atoms with E-state index in [2.05, 4.69) is 20.3 Å². The highest BCUT2D eigenvalue weighted by Gasteiger charge is 2.37. The number of aromatic amines is 1. The van der Waals surface area contributed by atoms with Crippen LogP contribution in [0.25, 0.3) is 0 Å². The maximum absolute atomic E-state index is 13.7. The molecule has 11 heteroatoms. The van der Waals surface area contributed by atoms with Crippen LogP contribution in [-0.2, 0) is 28.6 Å². The number of nitrogens with zero attached hydrogens (tertiary/aromatic N) is 3. The lowest BCUT2D eigenvalue weighted by Gasteiger charge is -2.41. The molecule has 1 N–H and O–H groups in total. The molecule has 2 aromatic carbocycles. The first-order chi connectivity index (χ1) is 16.7. The number of alkyl halides is 3. The summed E-state index contributed by atoms with van der Waals surface area (Å²) in [6, 6.07) is 9.53. The Hall–Kier alpha value is -2.53. The first kappa shape index (κ1) is 28.0. The van der Waals surface area contributed by atoms with Gasteiger partial charge in [0.25, 0.3) is 0 Å². The molecule has 0 spiro atoms. The van der Waals surface area contributed by atoms with Crippen LogP contribution in [0.2, 0.25) is 0 Å². The van der Waals surface area contributed by atoms with Gasteiger partial charge in [0.05, 0.1) is 35.7 Å². The Balaban J connectivity index is 0.00000361. The standard InChI is InChI=1S/C25H28F4N4O2.ClH/c1-4-21-22(31-32-30-21)14-33-9-10-34-24(23(33)17-5-7-20(26)8-6-17)35-16(3)18-11-15(2)12-19(13-18)25(27,28)29;/h5-8,11-13,16,23-24H,4,9-10,14H2,1-3H3,(H,30,31,32);1H/t16-,23+,24-;/m1./s1. The molecule has 1 saturated heterocycles. The Labute approximate surface area is 213 Å². The van der Waals surface area contributed by atoms with Crippen LogP contribution in [-0.4, -0.2) is 39.8 Å². The molecule has 0 bridgehead atoms. The number of aryl methyl sites for hydroxylation is 2. The van der Waals surface area contributed by atoms with Crippen molar-refractivity contribution in [2.45, 2.75) is 58.3 Å². The van der Waals surface area contributed by atoms with Crippen molar-refractivity contribution in [1.29, 1.82) is 0 Å². The average molecular weight is 529 g/mol. The van der Waals surface area contributed by atoms with E-state index in [0.717, 1.165) is 29.1 Å². The van der Waals surface area contributed by atoms with Gasteiger partial charge in [-0.2, -0.15) is 28.6 Å². The molecule has 1 fully saturated rings. The molecule has 4 rings (SSSR count). The molecule has 0 amide bonds. The Morgan fingerprint density at radius 2 is 1.83 bits per heavy atom. The molecule has 3 atom stereocenters. The van der Waals surface area contributed by atoms with Crippen LogP contribution in [0.3, 0.4) is 0 Å². The largest absolute Gasteiger partial charge is 0.416 e. The Bertz CT molecular complexity index is 1140. The third kappa shape index (κ3) is 6.42.